The summed E-state index contributed by atoms with van der Waals surface area (Å²) in [5.74, 6) is -2.31. The van der Waals surface area contributed by atoms with Gasteiger partial charge < -0.3 is 4.42 Å². The average Bonchev–Trinajstić information content (AvgIpc) is 3.54. The molecule has 1 saturated heterocycles. The highest BCUT2D eigenvalue weighted by Crippen LogP contribution is 2.35. The van der Waals surface area contributed by atoms with E-state index in [9.17, 15) is 22.0 Å². The molecule has 0 N–H and O–H groups in total. The number of benzene rings is 2. The minimum atomic E-state index is -4.01. The number of amides is 1. The summed E-state index contributed by atoms with van der Waals surface area (Å²) < 4.78 is 60.6. The first-order valence-corrected chi connectivity index (χ1v) is 14.1. The van der Waals surface area contributed by atoms with Crippen LogP contribution in [0.3, 0.4) is 0 Å². The lowest BCUT2D eigenvalue weighted by atomic mass is 9.96. The van der Waals surface area contributed by atoms with Crippen molar-refractivity contribution in [2.24, 2.45) is 5.92 Å². The number of halogens is 2. The number of rotatable bonds is 6. The number of sulfonamides is 1. The van der Waals surface area contributed by atoms with Crippen LogP contribution in [-0.4, -0.2) is 36.7 Å². The van der Waals surface area contributed by atoms with Crippen molar-refractivity contribution in [1.29, 1.82) is 0 Å². The Hall–Kier alpha value is -3.15. The number of aryl methyl sites for hydroxylation is 2. The third-order valence-corrected chi connectivity index (χ3v) is 9.66. The molecule has 37 heavy (non-hydrogen) atoms. The largest absolute Gasteiger partial charge is 0.467 e. The number of nitrogens with zero attached hydrogens (tertiary/aromatic N) is 3. The van der Waals surface area contributed by atoms with Crippen molar-refractivity contribution < 1.29 is 26.4 Å². The molecule has 194 valence electrons. The second-order valence-corrected chi connectivity index (χ2v) is 12.1. The maximum Gasteiger partial charge on any atom is 0.243 e. The molecule has 0 atom stereocenters. The van der Waals surface area contributed by atoms with Crippen LogP contribution < -0.4 is 4.90 Å². The van der Waals surface area contributed by atoms with Crippen molar-refractivity contribution >= 4 is 42.6 Å². The van der Waals surface area contributed by atoms with Crippen molar-refractivity contribution in [2.45, 2.75) is 38.1 Å². The van der Waals surface area contributed by atoms with Gasteiger partial charge in [0.15, 0.2) is 16.8 Å². The van der Waals surface area contributed by atoms with E-state index in [0.717, 1.165) is 33.5 Å². The van der Waals surface area contributed by atoms with Crippen LogP contribution >= 0.6 is 11.3 Å². The van der Waals surface area contributed by atoms with E-state index in [1.165, 1.54) is 15.6 Å². The van der Waals surface area contributed by atoms with E-state index in [1.54, 1.807) is 23.3 Å². The van der Waals surface area contributed by atoms with Gasteiger partial charge in [-0.3, -0.25) is 9.69 Å². The van der Waals surface area contributed by atoms with Crippen molar-refractivity contribution in [1.82, 2.24) is 9.29 Å². The summed E-state index contributed by atoms with van der Waals surface area (Å²) in [5, 5.41) is 0.557. The Bertz CT molecular complexity index is 1560. The van der Waals surface area contributed by atoms with Gasteiger partial charge in [0.25, 0.3) is 0 Å². The fourth-order valence-electron chi connectivity index (χ4n) is 4.63. The number of aromatic nitrogens is 1. The molecule has 0 saturated carbocycles. The monoisotopic (exact) mass is 545 g/mol. The lowest BCUT2D eigenvalue weighted by Gasteiger charge is -2.32. The van der Waals surface area contributed by atoms with E-state index >= 15 is 0 Å². The van der Waals surface area contributed by atoms with Gasteiger partial charge in [-0.25, -0.2) is 22.2 Å². The minimum Gasteiger partial charge on any atom is -0.467 e. The molecule has 11 heteroatoms. The van der Waals surface area contributed by atoms with Gasteiger partial charge in [-0.15, -0.1) is 0 Å². The molecule has 4 aromatic rings. The highest BCUT2D eigenvalue weighted by molar-refractivity contribution is 7.89. The van der Waals surface area contributed by atoms with Gasteiger partial charge in [0.1, 0.15) is 5.76 Å². The highest BCUT2D eigenvalue weighted by Gasteiger charge is 2.35. The number of piperidine rings is 1. The zero-order chi connectivity index (χ0) is 26.3. The van der Waals surface area contributed by atoms with Gasteiger partial charge in [-0.05, 0) is 74.2 Å². The van der Waals surface area contributed by atoms with Crippen LogP contribution in [0, 0.1) is 31.4 Å². The van der Waals surface area contributed by atoms with Crippen molar-refractivity contribution in [3.63, 3.8) is 0 Å². The van der Waals surface area contributed by atoms with E-state index in [-0.39, 0.29) is 30.4 Å². The molecule has 1 fully saturated rings. The summed E-state index contributed by atoms with van der Waals surface area (Å²) in [5.41, 5.74) is 2.99. The second-order valence-electron chi connectivity index (χ2n) is 9.18. The first-order chi connectivity index (χ1) is 17.6. The molecule has 0 unspecified atom stereocenters. The number of carbonyl (C=O) groups excluding carboxylic acids is 1. The number of anilines is 1. The summed E-state index contributed by atoms with van der Waals surface area (Å²) in [6, 6.07) is 10.1. The zero-order valence-corrected chi connectivity index (χ0v) is 21.9. The lowest BCUT2D eigenvalue weighted by molar-refractivity contribution is -0.123. The summed E-state index contributed by atoms with van der Waals surface area (Å²) in [6.07, 6.45) is 2.13. The molecule has 2 aromatic heterocycles. The summed E-state index contributed by atoms with van der Waals surface area (Å²) in [4.78, 5) is 19.8. The summed E-state index contributed by atoms with van der Waals surface area (Å²) >= 11 is 1.44. The number of carbonyl (C=O) groups is 1. The molecule has 1 amide bonds. The van der Waals surface area contributed by atoms with E-state index < -0.39 is 27.6 Å². The maximum absolute atomic E-state index is 13.8. The fraction of sp³-hybridized carbons (Fsp3) is 0.308. The third-order valence-electron chi connectivity index (χ3n) is 6.53. The van der Waals surface area contributed by atoms with Crippen molar-refractivity contribution in [3.8, 4) is 0 Å². The minimum absolute atomic E-state index is 0.0878. The predicted molar refractivity (Wildman–Crippen MR) is 137 cm³/mol. The van der Waals surface area contributed by atoms with Crippen LogP contribution in [0.5, 0.6) is 0 Å². The van der Waals surface area contributed by atoms with E-state index in [4.69, 9.17) is 9.40 Å². The average molecular weight is 546 g/mol. The Morgan fingerprint density at radius 1 is 1.14 bits per heavy atom. The van der Waals surface area contributed by atoms with Crippen LogP contribution in [0.2, 0.25) is 0 Å². The number of hydrogen-bond acceptors (Lipinski definition) is 6. The van der Waals surface area contributed by atoms with Gasteiger partial charge in [-0.1, -0.05) is 17.4 Å². The molecule has 1 aliphatic rings. The maximum atomic E-state index is 13.8. The van der Waals surface area contributed by atoms with E-state index in [0.29, 0.717) is 29.8 Å². The molecule has 0 radical (unpaired) electrons. The molecule has 7 nitrogen and oxygen atoms in total. The highest BCUT2D eigenvalue weighted by atomic mass is 32.2. The number of fused-ring (bicyclic) bond motifs is 1. The Morgan fingerprint density at radius 3 is 2.57 bits per heavy atom. The molecule has 3 heterocycles. The van der Waals surface area contributed by atoms with Gasteiger partial charge in [0.05, 0.1) is 27.9 Å². The Morgan fingerprint density at radius 2 is 1.89 bits per heavy atom. The van der Waals surface area contributed by atoms with Gasteiger partial charge in [0, 0.05) is 19.0 Å². The van der Waals surface area contributed by atoms with Crippen LogP contribution in [0.4, 0.5) is 13.9 Å². The smallest absolute Gasteiger partial charge is 0.243 e. The summed E-state index contributed by atoms with van der Waals surface area (Å²) in [7, 11) is -4.01. The van der Waals surface area contributed by atoms with Crippen molar-refractivity contribution in [2.75, 3.05) is 18.0 Å². The summed E-state index contributed by atoms with van der Waals surface area (Å²) in [6.45, 7) is 4.39. The topological polar surface area (TPSA) is 83.7 Å². The predicted octanol–water partition coefficient (Wildman–Crippen LogP) is 5.42. The quantitative estimate of drug-likeness (QED) is 0.323. The van der Waals surface area contributed by atoms with Crippen LogP contribution in [0.25, 0.3) is 10.2 Å². The molecule has 0 aliphatic carbocycles. The van der Waals surface area contributed by atoms with Crippen LogP contribution in [0.15, 0.2) is 58.0 Å². The molecular formula is C26H25F2N3O4S2. The fourth-order valence-corrected chi connectivity index (χ4v) is 7.13. The first kappa shape index (κ1) is 25.5. The second kappa shape index (κ2) is 9.96. The molecule has 0 spiro atoms. The van der Waals surface area contributed by atoms with Gasteiger partial charge in [0.2, 0.25) is 15.9 Å². The zero-order valence-electron chi connectivity index (χ0n) is 20.3. The number of thiazole rings is 1. The van der Waals surface area contributed by atoms with E-state index in [2.05, 4.69) is 6.07 Å². The molecule has 1 aliphatic heterocycles. The molecule has 2 aromatic carbocycles. The Labute approximate surface area is 217 Å². The Balaban J connectivity index is 1.37. The SMILES string of the molecule is Cc1cc(C)c2sc(N(Cc3ccco3)C(=O)C3CCN(S(=O)(=O)c4ccc(F)c(F)c4)CC3)nc2c1. The van der Waals surface area contributed by atoms with Crippen LogP contribution in [0.1, 0.15) is 29.7 Å². The first-order valence-electron chi connectivity index (χ1n) is 11.8. The lowest BCUT2D eigenvalue weighted by Crippen LogP contribution is -2.44. The Kier molecular flexibility index (Phi) is 6.86. The molecule has 0 bridgehead atoms. The van der Waals surface area contributed by atoms with Gasteiger partial charge >= 0.3 is 0 Å². The molecular weight excluding hydrogens is 520 g/mol. The van der Waals surface area contributed by atoms with E-state index in [1.807, 2.05) is 19.9 Å². The number of furan rings is 1. The van der Waals surface area contributed by atoms with Gasteiger partial charge in [-0.2, -0.15) is 4.31 Å². The number of hydrogen-bond donors (Lipinski definition) is 0. The van der Waals surface area contributed by atoms with Crippen molar-refractivity contribution in [3.05, 3.63) is 77.2 Å². The van der Waals surface area contributed by atoms with Crippen LogP contribution in [-0.2, 0) is 21.4 Å². The standard InChI is InChI=1S/C26H25F2N3O4S2/c1-16-12-17(2)24-23(13-16)29-26(36-24)31(15-19-4-3-11-35-19)25(32)18-7-9-30(10-8-18)37(33,34)20-5-6-21(27)22(28)14-20/h3-6,11-14,18H,7-10,15H2,1-2H3. The third kappa shape index (κ3) is 5.03. The normalized spacial score (nSPS) is 15.4. The molecule has 5 rings (SSSR count).